The van der Waals surface area contributed by atoms with Crippen LogP contribution < -0.4 is 10.1 Å². The minimum absolute atomic E-state index is 0.559. The molecular formula is C16H29NO2Si. The summed E-state index contributed by atoms with van der Waals surface area (Å²) >= 11 is 0. The number of anilines is 1. The van der Waals surface area contributed by atoms with E-state index >= 15 is 0 Å². The standard InChI is InChI=1S/C16H29NO2Si/c1-7-17(8-2)15-9-11-16(12-10-15)20(18-5,19-6)13-14(3)4/h9-12,14H,7-8,13H2,1-6H3. The fourth-order valence-electron chi connectivity index (χ4n) is 2.66. The van der Waals surface area contributed by atoms with E-state index in [2.05, 4.69) is 56.9 Å². The summed E-state index contributed by atoms with van der Waals surface area (Å²) < 4.78 is 11.7. The molecule has 0 saturated heterocycles. The molecule has 0 unspecified atom stereocenters. The summed E-state index contributed by atoms with van der Waals surface area (Å²) in [6.45, 7) is 10.8. The van der Waals surface area contributed by atoms with Gasteiger partial charge in [0.05, 0.1) is 0 Å². The monoisotopic (exact) mass is 295 g/mol. The number of nitrogens with zero attached hydrogens (tertiary/aromatic N) is 1. The summed E-state index contributed by atoms with van der Waals surface area (Å²) in [5.41, 5.74) is 1.26. The molecule has 1 rings (SSSR count). The van der Waals surface area contributed by atoms with Gasteiger partial charge < -0.3 is 13.8 Å². The summed E-state index contributed by atoms with van der Waals surface area (Å²) in [4.78, 5) is 2.34. The van der Waals surface area contributed by atoms with Crippen LogP contribution in [0.4, 0.5) is 5.69 Å². The van der Waals surface area contributed by atoms with Gasteiger partial charge in [-0.25, -0.2) is 0 Å². The first-order chi connectivity index (χ1) is 9.52. The maximum atomic E-state index is 5.84. The van der Waals surface area contributed by atoms with Crippen LogP contribution in [0.3, 0.4) is 0 Å². The maximum absolute atomic E-state index is 5.84. The highest BCUT2D eigenvalue weighted by molar-refractivity contribution is 6.81. The Morgan fingerprint density at radius 3 is 1.85 bits per heavy atom. The molecule has 0 aliphatic rings. The van der Waals surface area contributed by atoms with Gasteiger partial charge in [-0.2, -0.15) is 0 Å². The second-order valence-corrected chi connectivity index (χ2v) is 8.79. The van der Waals surface area contributed by atoms with E-state index in [0.717, 1.165) is 19.1 Å². The minimum Gasteiger partial charge on any atom is -0.394 e. The average molecular weight is 295 g/mol. The summed E-state index contributed by atoms with van der Waals surface area (Å²) in [6.07, 6.45) is 0. The summed E-state index contributed by atoms with van der Waals surface area (Å²) in [6, 6.07) is 9.69. The zero-order valence-electron chi connectivity index (χ0n) is 13.8. The van der Waals surface area contributed by atoms with E-state index in [4.69, 9.17) is 8.85 Å². The quantitative estimate of drug-likeness (QED) is 0.688. The Morgan fingerprint density at radius 1 is 1.00 bits per heavy atom. The number of hydrogen-bond donors (Lipinski definition) is 0. The Kier molecular flexibility index (Phi) is 6.72. The normalized spacial score (nSPS) is 11.9. The molecule has 0 heterocycles. The van der Waals surface area contributed by atoms with Gasteiger partial charge in [0.1, 0.15) is 0 Å². The first-order valence-electron chi connectivity index (χ1n) is 7.48. The van der Waals surface area contributed by atoms with Crippen molar-refractivity contribution in [3.05, 3.63) is 24.3 Å². The van der Waals surface area contributed by atoms with Gasteiger partial charge in [-0.3, -0.25) is 0 Å². The number of hydrogen-bond acceptors (Lipinski definition) is 3. The van der Waals surface area contributed by atoms with Gasteiger partial charge in [-0.05, 0) is 43.1 Å². The molecule has 0 saturated carbocycles. The van der Waals surface area contributed by atoms with Crippen LogP contribution in [0.2, 0.25) is 6.04 Å². The predicted octanol–water partition coefficient (Wildman–Crippen LogP) is 3.13. The summed E-state index contributed by atoms with van der Waals surface area (Å²) in [5, 5.41) is 1.21. The van der Waals surface area contributed by atoms with Crippen molar-refractivity contribution in [1.29, 1.82) is 0 Å². The van der Waals surface area contributed by atoms with E-state index < -0.39 is 8.56 Å². The SMILES string of the molecule is CCN(CC)c1ccc([Si](CC(C)C)(OC)OC)cc1. The lowest BCUT2D eigenvalue weighted by molar-refractivity contribution is 0.252. The lowest BCUT2D eigenvalue weighted by Crippen LogP contribution is -2.53. The summed E-state index contributed by atoms with van der Waals surface area (Å²) in [5.74, 6) is 0.559. The van der Waals surface area contributed by atoms with Gasteiger partial charge >= 0.3 is 8.56 Å². The Balaban J connectivity index is 3.04. The molecule has 20 heavy (non-hydrogen) atoms. The molecule has 0 radical (unpaired) electrons. The third-order valence-electron chi connectivity index (χ3n) is 3.77. The van der Waals surface area contributed by atoms with Crippen molar-refractivity contribution in [2.24, 2.45) is 5.92 Å². The van der Waals surface area contributed by atoms with Gasteiger partial charge in [-0.15, -0.1) is 0 Å². The smallest absolute Gasteiger partial charge is 0.372 e. The van der Waals surface area contributed by atoms with Crippen molar-refractivity contribution in [3.63, 3.8) is 0 Å². The molecule has 0 amide bonds. The highest BCUT2D eigenvalue weighted by Crippen LogP contribution is 2.20. The molecule has 3 nitrogen and oxygen atoms in total. The largest absolute Gasteiger partial charge is 0.394 e. The Bertz CT molecular complexity index is 384. The molecule has 4 heteroatoms. The van der Waals surface area contributed by atoms with Gasteiger partial charge in [0.15, 0.2) is 0 Å². The molecule has 0 aliphatic carbocycles. The van der Waals surface area contributed by atoms with E-state index in [9.17, 15) is 0 Å². The summed E-state index contributed by atoms with van der Waals surface area (Å²) in [7, 11) is 1.27. The molecule has 114 valence electrons. The van der Waals surface area contributed by atoms with E-state index in [-0.39, 0.29) is 0 Å². The van der Waals surface area contributed by atoms with E-state index in [1.54, 1.807) is 14.2 Å². The van der Waals surface area contributed by atoms with E-state index in [0.29, 0.717) is 5.92 Å². The predicted molar refractivity (Wildman–Crippen MR) is 89.1 cm³/mol. The van der Waals surface area contributed by atoms with Crippen molar-refractivity contribution in [2.45, 2.75) is 33.7 Å². The maximum Gasteiger partial charge on any atom is 0.372 e. The van der Waals surface area contributed by atoms with Crippen LogP contribution >= 0.6 is 0 Å². The highest BCUT2D eigenvalue weighted by Gasteiger charge is 2.38. The second-order valence-electron chi connectivity index (χ2n) is 5.48. The minimum atomic E-state index is -2.28. The molecular weight excluding hydrogens is 266 g/mol. The van der Waals surface area contributed by atoms with Crippen LogP contribution in [0.15, 0.2) is 24.3 Å². The molecule has 0 bridgehead atoms. The third kappa shape index (κ3) is 3.84. The van der Waals surface area contributed by atoms with Crippen molar-refractivity contribution in [2.75, 3.05) is 32.2 Å². The van der Waals surface area contributed by atoms with Crippen LogP contribution in [0.1, 0.15) is 27.7 Å². The first-order valence-corrected chi connectivity index (χ1v) is 9.51. The van der Waals surface area contributed by atoms with Crippen LogP contribution in [0.25, 0.3) is 0 Å². The lowest BCUT2D eigenvalue weighted by atomic mass is 10.3. The van der Waals surface area contributed by atoms with E-state index in [1.165, 1.54) is 10.9 Å². The Labute approximate surface area is 125 Å². The van der Waals surface area contributed by atoms with Crippen molar-refractivity contribution in [3.8, 4) is 0 Å². The lowest BCUT2D eigenvalue weighted by Gasteiger charge is -2.30. The molecule has 1 aromatic carbocycles. The molecule has 0 aromatic heterocycles. The molecule has 0 spiro atoms. The van der Waals surface area contributed by atoms with Gasteiger partial charge in [0.25, 0.3) is 0 Å². The van der Waals surface area contributed by atoms with E-state index in [1.807, 2.05) is 0 Å². The third-order valence-corrected chi connectivity index (χ3v) is 7.66. The second kappa shape index (κ2) is 7.81. The number of rotatable bonds is 8. The zero-order chi connectivity index (χ0) is 15.2. The fraction of sp³-hybridized carbons (Fsp3) is 0.625. The van der Waals surface area contributed by atoms with Crippen LogP contribution in [-0.4, -0.2) is 35.9 Å². The zero-order valence-corrected chi connectivity index (χ0v) is 14.8. The molecule has 0 fully saturated rings. The van der Waals surface area contributed by atoms with Crippen LogP contribution in [-0.2, 0) is 8.85 Å². The molecule has 0 atom stereocenters. The number of benzene rings is 1. The van der Waals surface area contributed by atoms with Crippen LogP contribution in [0.5, 0.6) is 0 Å². The first kappa shape index (κ1) is 17.2. The molecule has 1 aromatic rings. The Hall–Kier alpha value is -0.843. The molecule has 0 aliphatic heterocycles. The fourth-order valence-corrected chi connectivity index (χ4v) is 5.61. The van der Waals surface area contributed by atoms with Gasteiger partial charge in [0.2, 0.25) is 0 Å². The molecule has 0 N–H and O–H groups in total. The highest BCUT2D eigenvalue weighted by atomic mass is 28.4. The topological polar surface area (TPSA) is 21.7 Å². The van der Waals surface area contributed by atoms with Crippen LogP contribution in [0, 0.1) is 5.92 Å². The van der Waals surface area contributed by atoms with Gasteiger partial charge in [-0.1, -0.05) is 26.0 Å². The van der Waals surface area contributed by atoms with Gasteiger partial charge in [0, 0.05) is 33.0 Å². The Morgan fingerprint density at radius 2 is 1.50 bits per heavy atom. The van der Waals surface area contributed by atoms with Crippen molar-refractivity contribution >= 4 is 19.4 Å². The average Bonchev–Trinajstić information content (AvgIpc) is 2.46. The van der Waals surface area contributed by atoms with Crippen molar-refractivity contribution < 1.29 is 8.85 Å². The van der Waals surface area contributed by atoms with Crippen molar-refractivity contribution in [1.82, 2.24) is 0 Å².